The minimum Gasteiger partial charge on any atom is -0.330 e. The molecule has 15 heavy (non-hydrogen) atoms. The number of nitrogens with one attached hydrogen (secondary N) is 1. The van der Waals surface area contributed by atoms with Crippen LogP contribution in [-0.4, -0.2) is 31.6 Å². The number of hydrogen-bond acceptors (Lipinski definition) is 3. The van der Waals surface area contributed by atoms with Crippen molar-refractivity contribution >= 4 is 5.91 Å². The predicted octanol–water partition coefficient (Wildman–Crippen LogP) is 0.734. The van der Waals surface area contributed by atoms with E-state index in [2.05, 4.69) is 5.43 Å². The lowest BCUT2D eigenvalue weighted by Gasteiger charge is -2.28. The van der Waals surface area contributed by atoms with Gasteiger partial charge in [0.1, 0.15) is 0 Å². The second kappa shape index (κ2) is 6.08. The number of rotatable bonds is 4. The lowest BCUT2D eigenvalue weighted by Crippen LogP contribution is -2.41. The lowest BCUT2D eigenvalue weighted by atomic mass is 9.79. The summed E-state index contributed by atoms with van der Waals surface area (Å²) in [5.41, 5.74) is 8.39. The van der Waals surface area contributed by atoms with Crippen LogP contribution < -0.4 is 11.2 Å². The predicted molar refractivity (Wildman–Crippen MR) is 60.9 cm³/mol. The molecular formula is C11H23N3O. The van der Waals surface area contributed by atoms with Crippen LogP contribution in [0.5, 0.6) is 0 Å². The van der Waals surface area contributed by atoms with Gasteiger partial charge in [0, 0.05) is 20.0 Å². The molecule has 88 valence electrons. The first-order valence-electron chi connectivity index (χ1n) is 5.81. The minimum atomic E-state index is 0.168. The van der Waals surface area contributed by atoms with Gasteiger partial charge < -0.3 is 5.73 Å². The molecule has 0 aliphatic heterocycles. The van der Waals surface area contributed by atoms with Crippen LogP contribution in [0.4, 0.5) is 0 Å². The van der Waals surface area contributed by atoms with Gasteiger partial charge in [0.2, 0.25) is 5.91 Å². The number of carbonyl (C=O) groups excluding carboxylic acids is 1. The van der Waals surface area contributed by atoms with Crippen LogP contribution in [0.1, 0.15) is 32.1 Å². The smallest absolute Gasteiger partial charge is 0.237 e. The third kappa shape index (κ3) is 4.18. The second-order valence-electron chi connectivity index (χ2n) is 4.68. The summed E-state index contributed by atoms with van der Waals surface area (Å²) in [6.45, 7) is 0.743. The summed E-state index contributed by atoms with van der Waals surface area (Å²) in [6.07, 6.45) is 5.50. The van der Waals surface area contributed by atoms with Gasteiger partial charge >= 0.3 is 0 Å². The van der Waals surface area contributed by atoms with Crippen molar-refractivity contribution in [1.29, 1.82) is 0 Å². The molecular weight excluding hydrogens is 190 g/mol. The molecule has 0 bridgehead atoms. The second-order valence-corrected chi connectivity index (χ2v) is 4.68. The van der Waals surface area contributed by atoms with Gasteiger partial charge in [0.05, 0.1) is 0 Å². The molecule has 4 nitrogen and oxygen atoms in total. The molecule has 0 spiro atoms. The van der Waals surface area contributed by atoms with Gasteiger partial charge in [-0.3, -0.25) is 10.2 Å². The molecule has 0 saturated heterocycles. The molecule has 3 N–H and O–H groups in total. The first kappa shape index (κ1) is 12.5. The Morgan fingerprint density at radius 1 is 1.47 bits per heavy atom. The van der Waals surface area contributed by atoms with Crippen molar-refractivity contribution in [2.45, 2.75) is 32.1 Å². The van der Waals surface area contributed by atoms with E-state index in [9.17, 15) is 4.79 Å². The molecule has 2 unspecified atom stereocenters. The van der Waals surface area contributed by atoms with Gasteiger partial charge in [-0.2, -0.15) is 0 Å². The van der Waals surface area contributed by atoms with Gasteiger partial charge in [-0.25, -0.2) is 5.01 Å². The maximum atomic E-state index is 11.8. The molecule has 1 fully saturated rings. The molecule has 0 aromatic heterocycles. The van der Waals surface area contributed by atoms with E-state index in [1.807, 2.05) is 14.1 Å². The maximum Gasteiger partial charge on any atom is 0.237 e. The quantitative estimate of drug-likeness (QED) is 0.677. The number of carbonyl (C=O) groups is 1. The van der Waals surface area contributed by atoms with E-state index in [1.54, 1.807) is 5.01 Å². The minimum absolute atomic E-state index is 0.168. The molecule has 4 heteroatoms. The zero-order chi connectivity index (χ0) is 11.3. The largest absolute Gasteiger partial charge is 0.330 e. The zero-order valence-electron chi connectivity index (χ0n) is 9.83. The highest BCUT2D eigenvalue weighted by molar-refractivity contribution is 5.78. The van der Waals surface area contributed by atoms with E-state index in [4.69, 9.17) is 5.73 Å². The van der Waals surface area contributed by atoms with Gasteiger partial charge in [-0.15, -0.1) is 0 Å². The Morgan fingerprint density at radius 2 is 2.20 bits per heavy atom. The number of hydrazine groups is 1. The molecule has 0 heterocycles. The van der Waals surface area contributed by atoms with Crippen LogP contribution in [0.3, 0.4) is 0 Å². The first-order chi connectivity index (χ1) is 7.13. The van der Waals surface area contributed by atoms with Gasteiger partial charge in [0.25, 0.3) is 0 Å². The highest BCUT2D eigenvalue weighted by Crippen LogP contribution is 2.30. The van der Waals surface area contributed by atoms with Gasteiger partial charge in [-0.1, -0.05) is 12.8 Å². The number of nitrogens with zero attached hydrogens (tertiary/aromatic N) is 1. The average molecular weight is 213 g/mol. The monoisotopic (exact) mass is 213 g/mol. The van der Waals surface area contributed by atoms with Crippen molar-refractivity contribution in [2.24, 2.45) is 17.6 Å². The normalized spacial score (nSPS) is 26.7. The van der Waals surface area contributed by atoms with Crippen molar-refractivity contribution in [1.82, 2.24) is 10.4 Å². The van der Waals surface area contributed by atoms with Crippen molar-refractivity contribution in [2.75, 3.05) is 20.6 Å². The van der Waals surface area contributed by atoms with Crippen LogP contribution in [0, 0.1) is 11.8 Å². The third-order valence-corrected chi connectivity index (χ3v) is 3.06. The van der Waals surface area contributed by atoms with Gasteiger partial charge in [-0.05, 0) is 31.7 Å². The van der Waals surface area contributed by atoms with Crippen LogP contribution in [0.25, 0.3) is 0 Å². The molecule has 1 aliphatic rings. The summed E-state index contributed by atoms with van der Waals surface area (Å²) in [5.74, 6) is 1.01. The Balaban J connectivity index is 2.38. The Morgan fingerprint density at radius 3 is 2.80 bits per heavy atom. The van der Waals surface area contributed by atoms with Crippen LogP contribution in [-0.2, 0) is 4.79 Å². The Bertz CT molecular complexity index is 204. The van der Waals surface area contributed by atoms with Crippen LogP contribution in [0.15, 0.2) is 0 Å². The summed E-state index contributed by atoms with van der Waals surface area (Å²) >= 11 is 0. The Hall–Kier alpha value is -0.610. The Labute approximate surface area is 92.2 Å². The molecule has 0 aromatic carbocycles. The van der Waals surface area contributed by atoms with Crippen LogP contribution in [0.2, 0.25) is 0 Å². The molecule has 2 atom stereocenters. The van der Waals surface area contributed by atoms with Crippen molar-refractivity contribution in [3.05, 3.63) is 0 Å². The molecule has 0 radical (unpaired) electrons. The fourth-order valence-electron chi connectivity index (χ4n) is 2.34. The topological polar surface area (TPSA) is 58.4 Å². The molecule has 1 aliphatic carbocycles. The summed E-state index contributed by atoms with van der Waals surface area (Å²) < 4.78 is 0. The molecule has 1 rings (SSSR count). The van der Waals surface area contributed by atoms with Crippen molar-refractivity contribution < 1.29 is 4.79 Å². The molecule has 1 amide bonds. The van der Waals surface area contributed by atoms with E-state index in [-0.39, 0.29) is 11.8 Å². The highest BCUT2D eigenvalue weighted by Gasteiger charge is 2.26. The number of hydrogen-bond donors (Lipinski definition) is 2. The van der Waals surface area contributed by atoms with E-state index in [1.165, 1.54) is 6.42 Å². The fraction of sp³-hybridized carbons (Fsp3) is 0.909. The number of amides is 1. The first-order valence-corrected chi connectivity index (χ1v) is 5.81. The van der Waals surface area contributed by atoms with Gasteiger partial charge in [0.15, 0.2) is 0 Å². The maximum absolute atomic E-state index is 11.8. The average Bonchev–Trinajstić information content (AvgIpc) is 2.17. The SMILES string of the molecule is CN(C)NC(=O)C1CCCC(CCN)C1. The molecule has 1 saturated carbocycles. The van der Waals surface area contributed by atoms with Crippen molar-refractivity contribution in [3.63, 3.8) is 0 Å². The summed E-state index contributed by atoms with van der Waals surface area (Å²) in [7, 11) is 3.69. The van der Waals surface area contributed by atoms with E-state index >= 15 is 0 Å². The standard InChI is InChI=1S/C11H23N3O/c1-14(2)13-11(15)10-5-3-4-9(8-10)6-7-12/h9-10H,3-8,12H2,1-2H3,(H,13,15). The third-order valence-electron chi connectivity index (χ3n) is 3.06. The van der Waals surface area contributed by atoms with Crippen LogP contribution >= 0.6 is 0 Å². The van der Waals surface area contributed by atoms with Crippen molar-refractivity contribution in [3.8, 4) is 0 Å². The van der Waals surface area contributed by atoms with E-state index < -0.39 is 0 Å². The summed E-state index contributed by atoms with van der Waals surface area (Å²) in [6, 6.07) is 0. The number of nitrogens with two attached hydrogens (primary N) is 1. The fourth-order valence-corrected chi connectivity index (χ4v) is 2.34. The summed E-state index contributed by atoms with van der Waals surface area (Å²) in [4.78, 5) is 11.8. The Kier molecular flexibility index (Phi) is 5.05. The zero-order valence-corrected chi connectivity index (χ0v) is 9.83. The van der Waals surface area contributed by atoms with E-state index in [0.717, 1.165) is 32.2 Å². The van der Waals surface area contributed by atoms with E-state index in [0.29, 0.717) is 5.92 Å². The lowest BCUT2D eigenvalue weighted by molar-refractivity contribution is -0.130. The highest BCUT2D eigenvalue weighted by atomic mass is 16.2. The molecule has 0 aromatic rings. The summed E-state index contributed by atoms with van der Waals surface area (Å²) in [5, 5.41) is 1.72.